The lowest BCUT2D eigenvalue weighted by molar-refractivity contribution is 0.878. The van der Waals surface area contributed by atoms with Gasteiger partial charge in [0.1, 0.15) is 5.52 Å². The van der Waals surface area contributed by atoms with Gasteiger partial charge in [-0.3, -0.25) is 0 Å². The highest BCUT2D eigenvalue weighted by Crippen LogP contribution is 2.44. The van der Waals surface area contributed by atoms with Crippen LogP contribution in [0.2, 0.25) is 0 Å². The standard InChI is InChI=1S/C28H23N5/c1-18-25-28(33(31-18)21-9-5-4-6-10-21)30-26-23-12-8-7-11-22(23)24(27(26)29-25)17-19-13-15-20(16-14-19)32(2)3/h4-17H,1-3H3/b24-17+. The summed E-state index contributed by atoms with van der Waals surface area (Å²) < 4.78 is 1.89. The molecule has 33 heavy (non-hydrogen) atoms. The Bertz CT molecular complexity index is 1530. The molecule has 0 saturated heterocycles. The second-order valence-corrected chi connectivity index (χ2v) is 8.52. The summed E-state index contributed by atoms with van der Waals surface area (Å²) in [6, 6.07) is 27.1. The molecule has 0 N–H and O–H groups in total. The number of hydrogen-bond acceptors (Lipinski definition) is 4. The molecule has 0 fully saturated rings. The summed E-state index contributed by atoms with van der Waals surface area (Å²) in [5.41, 5.74) is 11.0. The molecule has 5 aromatic rings. The molecule has 0 amide bonds. The molecule has 3 aromatic carbocycles. The Morgan fingerprint density at radius 2 is 1.45 bits per heavy atom. The van der Waals surface area contributed by atoms with E-state index < -0.39 is 0 Å². The van der Waals surface area contributed by atoms with Crippen LogP contribution in [-0.4, -0.2) is 33.8 Å². The Balaban J connectivity index is 1.57. The lowest BCUT2D eigenvalue weighted by Crippen LogP contribution is -2.07. The molecule has 0 bridgehead atoms. The molecule has 6 rings (SSSR count). The van der Waals surface area contributed by atoms with Crippen LogP contribution < -0.4 is 4.90 Å². The molecule has 1 aliphatic carbocycles. The number of nitrogens with zero attached hydrogens (tertiary/aromatic N) is 5. The number of rotatable bonds is 3. The fourth-order valence-corrected chi connectivity index (χ4v) is 4.42. The Labute approximate surface area is 192 Å². The first kappa shape index (κ1) is 19.4. The molecular formula is C28H23N5. The Morgan fingerprint density at radius 3 is 2.18 bits per heavy atom. The maximum Gasteiger partial charge on any atom is 0.182 e. The monoisotopic (exact) mass is 429 g/mol. The number of hydrogen-bond donors (Lipinski definition) is 0. The quantitative estimate of drug-likeness (QED) is 0.359. The van der Waals surface area contributed by atoms with Gasteiger partial charge in [0, 0.05) is 30.9 Å². The van der Waals surface area contributed by atoms with E-state index in [1.54, 1.807) is 0 Å². The Morgan fingerprint density at radius 1 is 0.758 bits per heavy atom. The minimum Gasteiger partial charge on any atom is -0.378 e. The molecule has 1 aliphatic rings. The first-order chi connectivity index (χ1) is 16.1. The highest BCUT2D eigenvalue weighted by Gasteiger charge is 2.28. The third-order valence-electron chi connectivity index (χ3n) is 6.12. The van der Waals surface area contributed by atoms with E-state index in [1.165, 1.54) is 5.69 Å². The third-order valence-corrected chi connectivity index (χ3v) is 6.12. The lowest BCUT2D eigenvalue weighted by Gasteiger charge is -2.12. The fraction of sp³-hybridized carbons (Fsp3) is 0.107. The van der Waals surface area contributed by atoms with Crippen LogP contribution in [0.25, 0.3) is 39.8 Å². The maximum atomic E-state index is 5.12. The molecule has 160 valence electrons. The molecule has 0 aliphatic heterocycles. The number of para-hydroxylation sites is 1. The van der Waals surface area contributed by atoms with Gasteiger partial charge >= 0.3 is 0 Å². The summed E-state index contributed by atoms with van der Waals surface area (Å²) in [5.74, 6) is 0. The van der Waals surface area contributed by atoms with Crippen LogP contribution in [-0.2, 0) is 0 Å². The van der Waals surface area contributed by atoms with Gasteiger partial charge in [0.05, 0.1) is 22.8 Å². The van der Waals surface area contributed by atoms with Crippen LogP contribution in [0.5, 0.6) is 0 Å². The average Bonchev–Trinajstić information content (AvgIpc) is 3.33. The minimum absolute atomic E-state index is 0.781. The summed E-state index contributed by atoms with van der Waals surface area (Å²) in [7, 11) is 4.10. The van der Waals surface area contributed by atoms with Gasteiger partial charge < -0.3 is 4.90 Å². The van der Waals surface area contributed by atoms with E-state index in [4.69, 9.17) is 15.1 Å². The van der Waals surface area contributed by atoms with Crippen molar-refractivity contribution in [2.45, 2.75) is 6.92 Å². The van der Waals surface area contributed by atoms with Crippen molar-refractivity contribution in [3.05, 3.63) is 101 Å². The van der Waals surface area contributed by atoms with Gasteiger partial charge in [-0.05, 0) is 48.4 Å². The molecule has 2 heterocycles. The number of benzene rings is 3. The SMILES string of the molecule is Cc1nn(-c2ccccc2)c2nc3c(nc12)/C(=C/c1ccc(N(C)C)cc1)c1ccccc1-3. The fourth-order valence-electron chi connectivity index (χ4n) is 4.42. The van der Waals surface area contributed by atoms with Crippen molar-refractivity contribution < 1.29 is 0 Å². The van der Waals surface area contributed by atoms with Crippen LogP contribution >= 0.6 is 0 Å². The first-order valence-corrected chi connectivity index (χ1v) is 11.0. The normalized spacial score (nSPS) is 13.4. The van der Waals surface area contributed by atoms with Crippen molar-refractivity contribution in [1.29, 1.82) is 0 Å². The highest BCUT2D eigenvalue weighted by molar-refractivity contribution is 6.05. The molecule has 0 saturated carbocycles. The minimum atomic E-state index is 0.781. The first-order valence-electron chi connectivity index (χ1n) is 11.0. The largest absolute Gasteiger partial charge is 0.378 e. The maximum absolute atomic E-state index is 5.12. The van der Waals surface area contributed by atoms with E-state index in [-0.39, 0.29) is 0 Å². The second kappa shape index (κ2) is 7.41. The molecule has 0 radical (unpaired) electrons. The van der Waals surface area contributed by atoms with E-state index in [0.717, 1.165) is 56.2 Å². The zero-order valence-corrected chi connectivity index (χ0v) is 18.8. The van der Waals surface area contributed by atoms with Crippen molar-refractivity contribution in [2.75, 3.05) is 19.0 Å². The number of aromatic nitrogens is 4. The van der Waals surface area contributed by atoms with Gasteiger partial charge in [0.2, 0.25) is 0 Å². The van der Waals surface area contributed by atoms with Gasteiger partial charge in [0.25, 0.3) is 0 Å². The molecule has 0 unspecified atom stereocenters. The van der Waals surface area contributed by atoms with Gasteiger partial charge in [-0.1, -0.05) is 54.6 Å². The van der Waals surface area contributed by atoms with Gasteiger partial charge in [-0.15, -0.1) is 0 Å². The van der Waals surface area contributed by atoms with Crippen molar-refractivity contribution in [1.82, 2.24) is 19.7 Å². The van der Waals surface area contributed by atoms with Crippen molar-refractivity contribution in [3.63, 3.8) is 0 Å². The molecule has 5 heteroatoms. The van der Waals surface area contributed by atoms with Crippen LogP contribution in [0, 0.1) is 6.92 Å². The number of fused-ring (bicyclic) bond motifs is 4. The zero-order chi connectivity index (χ0) is 22.5. The van der Waals surface area contributed by atoms with Crippen LogP contribution in [0.4, 0.5) is 5.69 Å². The zero-order valence-electron chi connectivity index (χ0n) is 18.8. The summed E-state index contributed by atoms with van der Waals surface area (Å²) in [6.07, 6.45) is 2.21. The summed E-state index contributed by atoms with van der Waals surface area (Å²) in [4.78, 5) is 12.3. The van der Waals surface area contributed by atoms with Gasteiger partial charge in [-0.25, -0.2) is 14.6 Å². The lowest BCUT2D eigenvalue weighted by atomic mass is 10.0. The van der Waals surface area contributed by atoms with Crippen LogP contribution in [0.3, 0.4) is 0 Å². The molecule has 2 aromatic heterocycles. The van der Waals surface area contributed by atoms with Crippen molar-refractivity contribution >= 4 is 28.5 Å². The summed E-state index contributed by atoms with van der Waals surface area (Å²) in [6.45, 7) is 1.99. The molecule has 0 atom stereocenters. The molecular weight excluding hydrogens is 406 g/mol. The van der Waals surface area contributed by atoms with E-state index in [2.05, 4.69) is 73.6 Å². The number of anilines is 1. The number of aryl methyl sites for hydroxylation is 1. The highest BCUT2D eigenvalue weighted by atomic mass is 15.3. The van der Waals surface area contributed by atoms with Crippen LogP contribution in [0.1, 0.15) is 22.5 Å². The van der Waals surface area contributed by atoms with Gasteiger partial charge in [0.15, 0.2) is 5.65 Å². The average molecular weight is 430 g/mol. The van der Waals surface area contributed by atoms with Crippen molar-refractivity contribution in [2.24, 2.45) is 0 Å². The van der Waals surface area contributed by atoms with E-state index >= 15 is 0 Å². The topological polar surface area (TPSA) is 46.8 Å². The van der Waals surface area contributed by atoms with E-state index in [0.29, 0.717) is 0 Å². The third kappa shape index (κ3) is 3.12. The smallest absolute Gasteiger partial charge is 0.182 e. The summed E-state index contributed by atoms with van der Waals surface area (Å²) in [5, 5.41) is 4.76. The second-order valence-electron chi connectivity index (χ2n) is 8.52. The summed E-state index contributed by atoms with van der Waals surface area (Å²) >= 11 is 0. The van der Waals surface area contributed by atoms with Crippen LogP contribution in [0.15, 0.2) is 78.9 Å². The van der Waals surface area contributed by atoms with Crippen molar-refractivity contribution in [3.8, 4) is 16.9 Å². The van der Waals surface area contributed by atoms with E-state index in [9.17, 15) is 0 Å². The molecule has 0 spiro atoms. The van der Waals surface area contributed by atoms with Gasteiger partial charge in [-0.2, -0.15) is 5.10 Å². The Hall–Kier alpha value is -4.25. The van der Waals surface area contributed by atoms with E-state index in [1.807, 2.05) is 41.9 Å². The predicted molar refractivity (Wildman–Crippen MR) is 135 cm³/mol. The predicted octanol–water partition coefficient (Wildman–Crippen LogP) is 5.76. The molecule has 5 nitrogen and oxygen atoms in total. The Kier molecular flexibility index (Phi) is 4.37.